The molecule has 142 valence electrons. The highest BCUT2D eigenvalue weighted by Crippen LogP contribution is 2.36. The van der Waals surface area contributed by atoms with Gasteiger partial charge in [-0.15, -0.1) is 0 Å². The molecule has 2 rings (SSSR count). The van der Waals surface area contributed by atoms with E-state index in [1.165, 1.54) is 24.3 Å². The predicted octanol–water partition coefficient (Wildman–Crippen LogP) is 2.11. The lowest BCUT2D eigenvalue weighted by Gasteiger charge is -2.27. The van der Waals surface area contributed by atoms with Gasteiger partial charge in [0.2, 0.25) is 0 Å². The highest BCUT2D eigenvalue weighted by Gasteiger charge is 2.36. The molecule has 8 heteroatoms. The van der Waals surface area contributed by atoms with Crippen LogP contribution in [-0.2, 0) is 14.3 Å². The SMILES string of the molecule is CCC1(OC(=O)c2ccc(C(=O)OCC(F)(F)C(=O)[O-])cc2)CCCC1. The van der Waals surface area contributed by atoms with E-state index < -0.39 is 36.0 Å². The van der Waals surface area contributed by atoms with Crippen molar-refractivity contribution in [3.8, 4) is 0 Å². The first-order valence-corrected chi connectivity index (χ1v) is 8.29. The Morgan fingerprint density at radius 1 is 1.08 bits per heavy atom. The topological polar surface area (TPSA) is 92.7 Å². The zero-order valence-electron chi connectivity index (χ0n) is 14.3. The number of halogens is 2. The Morgan fingerprint density at radius 3 is 2.04 bits per heavy atom. The second-order valence-corrected chi connectivity index (χ2v) is 6.28. The van der Waals surface area contributed by atoms with E-state index in [4.69, 9.17) is 4.74 Å². The molecule has 1 aromatic rings. The Labute approximate surface area is 149 Å². The van der Waals surface area contributed by atoms with Crippen molar-refractivity contribution in [2.24, 2.45) is 0 Å². The third-order valence-corrected chi connectivity index (χ3v) is 4.51. The molecule has 0 heterocycles. The van der Waals surface area contributed by atoms with E-state index in [0.717, 1.165) is 32.1 Å². The van der Waals surface area contributed by atoms with E-state index in [2.05, 4.69) is 4.74 Å². The number of benzene rings is 1. The largest absolute Gasteiger partial charge is 0.544 e. The first-order valence-electron chi connectivity index (χ1n) is 8.29. The maximum Gasteiger partial charge on any atom is 0.338 e. The fourth-order valence-electron chi connectivity index (χ4n) is 2.84. The zero-order valence-corrected chi connectivity index (χ0v) is 14.3. The monoisotopic (exact) mass is 369 g/mol. The number of rotatable bonds is 7. The molecule has 0 aliphatic heterocycles. The molecule has 0 unspecified atom stereocenters. The van der Waals surface area contributed by atoms with Gasteiger partial charge in [-0.3, -0.25) is 0 Å². The number of hydrogen-bond donors (Lipinski definition) is 0. The van der Waals surface area contributed by atoms with Gasteiger partial charge >= 0.3 is 17.9 Å². The van der Waals surface area contributed by atoms with Gasteiger partial charge in [-0.25, -0.2) is 9.59 Å². The second kappa shape index (κ2) is 7.80. The molecular weight excluding hydrogens is 350 g/mol. The Balaban J connectivity index is 1.98. The molecule has 6 nitrogen and oxygen atoms in total. The lowest BCUT2D eigenvalue weighted by molar-refractivity contribution is -0.331. The molecule has 1 aliphatic rings. The Morgan fingerprint density at radius 2 is 1.58 bits per heavy atom. The van der Waals surface area contributed by atoms with Gasteiger partial charge in [0, 0.05) is 0 Å². The Bertz CT molecular complexity index is 677. The molecule has 0 saturated heterocycles. The summed E-state index contributed by atoms with van der Waals surface area (Å²) < 4.78 is 35.6. The molecule has 0 amide bonds. The van der Waals surface area contributed by atoms with Crippen LogP contribution in [0.3, 0.4) is 0 Å². The van der Waals surface area contributed by atoms with Crippen molar-refractivity contribution in [1.82, 2.24) is 0 Å². The van der Waals surface area contributed by atoms with E-state index in [0.29, 0.717) is 0 Å². The summed E-state index contributed by atoms with van der Waals surface area (Å²) in [7, 11) is 0. The van der Waals surface area contributed by atoms with Crippen LogP contribution in [0.25, 0.3) is 0 Å². The fraction of sp³-hybridized carbons (Fsp3) is 0.500. The number of hydrogen-bond acceptors (Lipinski definition) is 6. The van der Waals surface area contributed by atoms with Crippen molar-refractivity contribution < 1.29 is 37.7 Å². The predicted molar refractivity (Wildman–Crippen MR) is 83.6 cm³/mol. The number of aliphatic carboxylic acids is 1. The molecule has 0 radical (unpaired) electrons. The normalized spacial score (nSPS) is 16.1. The number of carboxylic acids is 1. The minimum atomic E-state index is -4.27. The third-order valence-electron chi connectivity index (χ3n) is 4.51. The second-order valence-electron chi connectivity index (χ2n) is 6.28. The third kappa shape index (κ3) is 4.56. The highest BCUT2D eigenvalue weighted by atomic mass is 19.3. The van der Waals surface area contributed by atoms with Crippen molar-refractivity contribution in [2.75, 3.05) is 6.61 Å². The van der Waals surface area contributed by atoms with Gasteiger partial charge in [0.05, 0.1) is 11.1 Å². The summed E-state index contributed by atoms with van der Waals surface area (Å²) in [6.45, 7) is 0.330. The molecule has 0 bridgehead atoms. The molecular formula is C18H19F2O6-. The van der Waals surface area contributed by atoms with Gasteiger partial charge in [0.15, 0.2) is 6.61 Å². The van der Waals surface area contributed by atoms with Gasteiger partial charge in [0.25, 0.3) is 0 Å². The van der Waals surface area contributed by atoms with Gasteiger partial charge in [-0.1, -0.05) is 6.92 Å². The van der Waals surface area contributed by atoms with E-state index in [1.54, 1.807) is 0 Å². The Kier molecular flexibility index (Phi) is 5.94. The van der Waals surface area contributed by atoms with Crippen LogP contribution in [-0.4, -0.2) is 36.0 Å². The van der Waals surface area contributed by atoms with Crippen LogP contribution in [0.15, 0.2) is 24.3 Å². The quantitative estimate of drug-likeness (QED) is 0.684. The van der Waals surface area contributed by atoms with Gasteiger partial charge < -0.3 is 19.4 Å². The first-order chi connectivity index (χ1) is 12.2. The highest BCUT2D eigenvalue weighted by molar-refractivity contribution is 5.93. The molecule has 0 N–H and O–H groups in total. The summed E-state index contributed by atoms with van der Waals surface area (Å²) >= 11 is 0. The number of esters is 2. The van der Waals surface area contributed by atoms with Crippen molar-refractivity contribution in [1.29, 1.82) is 0 Å². The minimum absolute atomic E-state index is 0.0956. The number of ether oxygens (including phenoxy) is 2. The van der Waals surface area contributed by atoms with Crippen LogP contribution in [0, 0.1) is 0 Å². The van der Waals surface area contributed by atoms with E-state index in [1.807, 2.05) is 6.92 Å². The molecule has 26 heavy (non-hydrogen) atoms. The average molecular weight is 369 g/mol. The number of carboxylic acid groups (broad SMARTS) is 1. The van der Waals surface area contributed by atoms with Crippen molar-refractivity contribution in [3.63, 3.8) is 0 Å². The summed E-state index contributed by atoms with van der Waals surface area (Å²) in [4.78, 5) is 34.1. The summed E-state index contributed by atoms with van der Waals surface area (Å²) in [6.07, 6.45) is 4.35. The van der Waals surface area contributed by atoms with E-state index >= 15 is 0 Å². The van der Waals surface area contributed by atoms with Gasteiger partial charge in [-0.2, -0.15) is 8.78 Å². The van der Waals surface area contributed by atoms with Crippen LogP contribution in [0.5, 0.6) is 0 Å². The average Bonchev–Trinajstić information content (AvgIpc) is 3.08. The summed E-state index contributed by atoms with van der Waals surface area (Å²) in [5.41, 5.74) is -0.325. The number of carbonyl (C=O) groups is 3. The molecule has 1 fully saturated rings. The van der Waals surface area contributed by atoms with Crippen LogP contribution in [0.2, 0.25) is 0 Å². The number of carbonyl (C=O) groups excluding carboxylic acids is 3. The standard InChI is InChI=1S/C18H20F2O6/c1-2-17(9-3-4-10-17)26-15(22)13-7-5-12(6-8-13)14(21)25-11-18(19,20)16(23)24/h5-8H,2-4,9-11H2,1H3,(H,23,24)/p-1. The molecule has 0 aromatic heterocycles. The Hall–Kier alpha value is -2.51. The van der Waals surface area contributed by atoms with Gasteiger partial charge in [-0.05, 0) is 56.4 Å². The molecule has 0 atom stereocenters. The smallest absolute Gasteiger partial charge is 0.338 e. The maximum absolute atomic E-state index is 12.9. The van der Waals surface area contributed by atoms with Gasteiger partial charge in [0.1, 0.15) is 11.6 Å². The van der Waals surface area contributed by atoms with E-state index in [9.17, 15) is 28.3 Å². The van der Waals surface area contributed by atoms with Crippen LogP contribution < -0.4 is 5.11 Å². The molecule has 1 aliphatic carbocycles. The summed E-state index contributed by atoms with van der Waals surface area (Å²) in [5, 5.41) is 10.2. The van der Waals surface area contributed by atoms with Crippen molar-refractivity contribution in [3.05, 3.63) is 35.4 Å². The summed E-state index contributed by atoms with van der Waals surface area (Å²) in [5.74, 6) is -8.54. The van der Waals surface area contributed by atoms with Crippen LogP contribution in [0.4, 0.5) is 8.78 Å². The van der Waals surface area contributed by atoms with Crippen LogP contribution >= 0.6 is 0 Å². The zero-order chi connectivity index (χ0) is 19.4. The molecule has 0 spiro atoms. The molecule has 1 saturated carbocycles. The number of alkyl halides is 2. The van der Waals surface area contributed by atoms with Crippen molar-refractivity contribution >= 4 is 17.9 Å². The van der Waals surface area contributed by atoms with E-state index in [-0.39, 0.29) is 11.1 Å². The lowest BCUT2D eigenvalue weighted by Crippen LogP contribution is -2.45. The van der Waals surface area contributed by atoms with Crippen molar-refractivity contribution in [2.45, 2.75) is 50.6 Å². The lowest BCUT2D eigenvalue weighted by atomic mass is 9.98. The maximum atomic E-state index is 12.9. The minimum Gasteiger partial charge on any atom is -0.544 e. The van der Waals surface area contributed by atoms with Crippen LogP contribution in [0.1, 0.15) is 59.7 Å². The first kappa shape index (κ1) is 19.8. The molecule has 1 aromatic carbocycles. The summed E-state index contributed by atoms with van der Waals surface area (Å²) in [6, 6.07) is 5.11. The fourth-order valence-corrected chi connectivity index (χ4v) is 2.84.